The van der Waals surface area contributed by atoms with Crippen molar-refractivity contribution in [3.05, 3.63) is 39.9 Å². The van der Waals surface area contributed by atoms with Gasteiger partial charge in [0.1, 0.15) is 0 Å². The van der Waals surface area contributed by atoms with Gasteiger partial charge >= 0.3 is 6.09 Å². The lowest BCUT2D eigenvalue weighted by Crippen LogP contribution is -2.35. The Morgan fingerprint density at radius 1 is 1.41 bits per heavy atom. The summed E-state index contributed by atoms with van der Waals surface area (Å²) >= 11 is 0. The first-order valence-electron chi connectivity index (χ1n) is 4.85. The topological polar surface area (TPSA) is 81.5 Å². The van der Waals surface area contributed by atoms with E-state index >= 15 is 0 Å². The third-order valence-electron chi connectivity index (χ3n) is 2.44. The number of nitrogens with zero attached hydrogens (tertiary/aromatic N) is 1. The molecule has 1 aromatic rings. The van der Waals surface area contributed by atoms with Crippen molar-refractivity contribution in [1.29, 1.82) is 0 Å². The summed E-state index contributed by atoms with van der Waals surface area (Å²) < 4.78 is 4.71. The summed E-state index contributed by atoms with van der Waals surface area (Å²) in [6, 6.07) is 6.04. The molecule has 6 nitrogen and oxygen atoms in total. The molecule has 1 aliphatic rings. The number of alkyl carbamates (subject to hydrolysis) is 1. The molecule has 7 heteroatoms. The summed E-state index contributed by atoms with van der Waals surface area (Å²) in [5.41, 5.74) is 0.541. The number of hydrogen-bond acceptors (Lipinski definition) is 4. The van der Waals surface area contributed by atoms with Gasteiger partial charge in [-0.3, -0.25) is 10.1 Å². The number of cyclic esters (lactones) is 1. The van der Waals surface area contributed by atoms with Gasteiger partial charge in [0.05, 0.1) is 23.1 Å². The number of nitro benzene ring substituents is 1. The third-order valence-corrected chi connectivity index (χ3v) is 2.44. The van der Waals surface area contributed by atoms with Crippen LogP contribution in [0.2, 0.25) is 0 Å². The largest absolute Gasteiger partial charge is 0.449 e. The van der Waals surface area contributed by atoms with Gasteiger partial charge in [0.25, 0.3) is 5.69 Å². The van der Waals surface area contributed by atoms with E-state index < -0.39 is 11.0 Å². The molecule has 17 heavy (non-hydrogen) atoms. The highest BCUT2D eigenvalue weighted by molar-refractivity contribution is 5.85. The Hall–Kier alpha value is -1.82. The van der Waals surface area contributed by atoms with Crippen molar-refractivity contribution in [1.82, 2.24) is 5.32 Å². The lowest BCUT2D eigenvalue weighted by molar-refractivity contribution is -0.385. The molecule has 1 N–H and O–H groups in total. The molecule has 0 unspecified atom stereocenters. The van der Waals surface area contributed by atoms with Crippen LogP contribution in [0.1, 0.15) is 18.0 Å². The number of halogens is 1. The van der Waals surface area contributed by atoms with E-state index in [0.717, 1.165) is 0 Å². The first-order chi connectivity index (χ1) is 7.68. The molecule has 1 saturated heterocycles. The molecule has 1 fully saturated rings. The number of carbonyl (C=O) groups is 1. The van der Waals surface area contributed by atoms with E-state index in [0.29, 0.717) is 12.0 Å². The molecule has 1 aliphatic heterocycles. The molecule has 92 valence electrons. The summed E-state index contributed by atoms with van der Waals surface area (Å²) in [5, 5.41) is 13.4. The second-order valence-corrected chi connectivity index (χ2v) is 3.44. The minimum Gasteiger partial charge on any atom is -0.449 e. The predicted octanol–water partition coefficient (Wildman–Crippen LogP) is 2.19. The predicted molar refractivity (Wildman–Crippen MR) is 62.2 cm³/mol. The van der Waals surface area contributed by atoms with Crippen molar-refractivity contribution in [2.45, 2.75) is 12.5 Å². The first kappa shape index (κ1) is 13.2. The number of benzene rings is 1. The highest BCUT2D eigenvalue weighted by atomic mass is 35.5. The monoisotopic (exact) mass is 258 g/mol. The summed E-state index contributed by atoms with van der Waals surface area (Å²) in [6.07, 6.45) is 0.00533. The Balaban J connectivity index is 0.00000144. The molecule has 0 bridgehead atoms. The summed E-state index contributed by atoms with van der Waals surface area (Å²) in [5.74, 6) is 0. The molecule has 0 saturated carbocycles. The van der Waals surface area contributed by atoms with E-state index in [9.17, 15) is 14.9 Å². The fourth-order valence-electron chi connectivity index (χ4n) is 1.71. The molecule has 1 heterocycles. The smallest absolute Gasteiger partial charge is 0.407 e. The van der Waals surface area contributed by atoms with Crippen molar-refractivity contribution in [2.24, 2.45) is 0 Å². The summed E-state index contributed by atoms with van der Waals surface area (Å²) in [6.45, 7) is 0.280. The normalized spacial score (nSPS) is 18.6. The third kappa shape index (κ3) is 2.85. The average Bonchev–Trinajstić information content (AvgIpc) is 2.29. The fraction of sp³-hybridized carbons (Fsp3) is 0.300. The molecule has 0 aromatic heterocycles. The van der Waals surface area contributed by atoms with Crippen LogP contribution in [0.25, 0.3) is 0 Å². The summed E-state index contributed by atoms with van der Waals surface area (Å²) in [7, 11) is 0. The van der Waals surface area contributed by atoms with Gasteiger partial charge in [-0.05, 0) is 0 Å². The Kier molecular flexibility index (Phi) is 4.28. The standard InChI is InChI=1S/C10H10N2O4.ClH/c13-10-11-8(5-6-16-10)7-3-1-2-4-9(7)12(14)15;/h1-4,8H,5-6H2,(H,11,13);1H/t8-;/m1./s1. The van der Waals surface area contributed by atoms with Crippen molar-refractivity contribution in [2.75, 3.05) is 6.61 Å². The quantitative estimate of drug-likeness (QED) is 0.651. The minimum absolute atomic E-state index is 0. The van der Waals surface area contributed by atoms with Crippen LogP contribution >= 0.6 is 12.4 Å². The van der Waals surface area contributed by atoms with Gasteiger partial charge in [-0.15, -0.1) is 12.4 Å². The SMILES string of the molecule is Cl.O=C1N[C@@H](c2ccccc2[N+](=O)[O-])CCO1. The van der Waals surface area contributed by atoms with Gasteiger partial charge < -0.3 is 10.1 Å². The second kappa shape index (κ2) is 5.49. The molecule has 1 atom stereocenters. The Morgan fingerprint density at radius 2 is 2.12 bits per heavy atom. The molecule has 0 radical (unpaired) electrons. The van der Waals surface area contributed by atoms with Crippen LogP contribution in [0.3, 0.4) is 0 Å². The minimum atomic E-state index is -0.533. The molecule has 0 spiro atoms. The van der Waals surface area contributed by atoms with Crippen molar-refractivity contribution >= 4 is 24.2 Å². The van der Waals surface area contributed by atoms with Crippen molar-refractivity contribution in [3.8, 4) is 0 Å². The number of para-hydroxylation sites is 1. The van der Waals surface area contributed by atoms with Crippen LogP contribution < -0.4 is 5.32 Å². The van der Waals surface area contributed by atoms with E-state index in [2.05, 4.69) is 5.32 Å². The number of carbonyl (C=O) groups excluding carboxylic acids is 1. The van der Waals surface area contributed by atoms with Gasteiger partial charge in [0.15, 0.2) is 0 Å². The zero-order valence-corrected chi connectivity index (χ0v) is 9.61. The van der Waals surface area contributed by atoms with Gasteiger partial charge in [-0.25, -0.2) is 4.79 Å². The van der Waals surface area contributed by atoms with Crippen LogP contribution in [-0.2, 0) is 4.74 Å². The molecule has 1 aromatic carbocycles. The van der Waals surface area contributed by atoms with Crippen LogP contribution in [-0.4, -0.2) is 17.6 Å². The lowest BCUT2D eigenvalue weighted by Gasteiger charge is -2.23. The number of ether oxygens (including phenoxy) is 1. The number of nitrogens with one attached hydrogen (secondary N) is 1. The van der Waals surface area contributed by atoms with Crippen LogP contribution in [0.5, 0.6) is 0 Å². The van der Waals surface area contributed by atoms with Crippen molar-refractivity contribution in [3.63, 3.8) is 0 Å². The maximum Gasteiger partial charge on any atom is 0.407 e. The highest BCUT2D eigenvalue weighted by Crippen LogP contribution is 2.28. The van der Waals surface area contributed by atoms with Gasteiger partial charge in [-0.1, -0.05) is 18.2 Å². The Bertz CT molecular complexity index is 438. The van der Waals surface area contributed by atoms with Crippen LogP contribution in [0.4, 0.5) is 10.5 Å². The highest BCUT2D eigenvalue weighted by Gasteiger charge is 2.26. The van der Waals surface area contributed by atoms with Crippen LogP contribution in [0.15, 0.2) is 24.3 Å². The van der Waals surface area contributed by atoms with E-state index in [1.54, 1.807) is 18.2 Å². The number of rotatable bonds is 2. The fourth-order valence-corrected chi connectivity index (χ4v) is 1.71. The van der Waals surface area contributed by atoms with E-state index in [1.165, 1.54) is 6.07 Å². The van der Waals surface area contributed by atoms with E-state index in [4.69, 9.17) is 4.74 Å². The van der Waals surface area contributed by atoms with Crippen molar-refractivity contribution < 1.29 is 14.5 Å². The number of nitro groups is 1. The zero-order valence-electron chi connectivity index (χ0n) is 8.79. The molecule has 2 rings (SSSR count). The number of hydrogen-bond donors (Lipinski definition) is 1. The molecule has 1 amide bonds. The average molecular weight is 259 g/mol. The Morgan fingerprint density at radius 3 is 2.76 bits per heavy atom. The molecular formula is C10H11ClN2O4. The lowest BCUT2D eigenvalue weighted by atomic mass is 10.0. The second-order valence-electron chi connectivity index (χ2n) is 3.44. The van der Waals surface area contributed by atoms with Crippen LogP contribution in [0, 0.1) is 10.1 Å². The summed E-state index contributed by atoms with van der Waals surface area (Å²) in [4.78, 5) is 21.4. The Labute approximate surface area is 104 Å². The molecule has 0 aliphatic carbocycles. The zero-order chi connectivity index (χ0) is 11.5. The maximum absolute atomic E-state index is 11.0. The maximum atomic E-state index is 11.0. The van der Waals surface area contributed by atoms with E-state index in [-0.39, 0.29) is 30.7 Å². The van der Waals surface area contributed by atoms with Gasteiger partial charge in [0.2, 0.25) is 0 Å². The molecular weight excluding hydrogens is 248 g/mol. The van der Waals surface area contributed by atoms with E-state index in [1.807, 2.05) is 0 Å². The van der Waals surface area contributed by atoms with Gasteiger partial charge in [-0.2, -0.15) is 0 Å². The first-order valence-corrected chi connectivity index (χ1v) is 4.85. The van der Waals surface area contributed by atoms with Gasteiger partial charge in [0, 0.05) is 12.5 Å². The number of amides is 1.